The Bertz CT molecular complexity index is 744. The van der Waals surface area contributed by atoms with Crippen molar-refractivity contribution >= 4 is 17.4 Å². The zero-order valence-corrected chi connectivity index (χ0v) is 15.1. The van der Waals surface area contributed by atoms with Crippen molar-refractivity contribution < 1.29 is 14.0 Å². The van der Waals surface area contributed by atoms with E-state index in [1.54, 1.807) is 23.1 Å². The summed E-state index contributed by atoms with van der Waals surface area (Å²) in [6.07, 6.45) is 1.40. The molecule has 0 aliphatic rings. The molecule has 0 aliphatic heterocycles. The fraction of sp³-hybridized carbons (Fsp3) is 0.333. The Morgan fingerprint density at radius 1 is 1.00 bits per heavy atom. The SMILES string of the molecule is CCN(Cc1ccccc1F)C(=O)CCC(=O)CCc1ccc(N)cc1. The van der Waals surface area contributed by atoms with Crippen molar-refractivity contribution in [2.75, 3.05) is 12.3 Å². The molecular weight excluding hydrogens is 331 g/mol. The molecule has 26 heavy (non-hydrogen) atoms. The highest BCUT2D eigenvalue weighted by molar-refractivity contribution is 5.85. The third-order valence-corrected chi connectivity index (χ3v) is 4.34. The summed E-state index contributed by atoms with van der Waals surface area (Å²) in [4.78, 5) is 26.0. The van der Waals surface area contributed by atoms with Crippen LogP contribution >= 0.6 is 0 Å². The molecule has 0 atom stereocenters. The lowest BCUT2D eigenvalue weighted by Crippen LogP contribution is -2.30. The lowest BCUT2D eigenvalue weighted by atomic mass is 10.0. The van der Waals surface area contributed by atoms with Crippen molar-refractivity contribution in [1.82, 2.24) is 4.90 Å². The number of carbonyl (C=O) groups is 2. The van der Waals surface area contributed by atoms with Gasteiger partial charge in [-0.3, -0.25) is 9.59 Å². The number of carbonyl (C=O) groups excluding carboxylic acids is 2. The lowest BCUT2D eigenvalue weighted by Gasteiger charge is -2.21. The van der Waals surface area contributed by atoms with Gasteiger partial charge in [-0.05, 0) is 37.1 Å². The number of anilines is 1. The van der Waals surface area contributed by atoms with Crippen molar-refractivity contribution in [3.05, 3.63) is 65.5 Å². The Morgan fingerprint density at radius 3 is 2.35 bits per heavy atom. The summed E-state index contributed by atoms with van der Waals surface area (Å²) in [5.74, 6) is -0.396. The summed E-state index contributed by atoms with van der Waals surface area (Å²) in [7, 11) is 0. The van der Waals surface area contributed by atoms with Gasteiger partial charge in [0.2, 0.25) is 5.91 Å². The molecule has 2 rings (SSSR count). The normalized spacial score (nSPS) is 10.5. The number of nitrogen functional groups attached to an aromatic ring is 1. The van der Waals surface area contributed by atoms with E-state index in [-0.39, 0.29) is 36.9 Å². The van der Waals surface area contributed by atoms with Crippen LogP contribution < -0.4 is 5.73 Å². The summed E-state index contributed by atoms with van der Waals surface area (Å²) >= 11 is 0. The fourth-order valence-corrected chi connectivity index (χ4v) is 2.71. The predicted molar refractivity (Wildman–Crippen MR) is 101 cm³/mol. The highest BCUT2D eigenvalue weighted by atomic mass is 19.1. The molecule has 2 aromatic rings. The number of halogens is 1. The average Bonchev–Trinajstić information content (AvgIpc) is 2.65. The number of nitrogens with zero attached hydrogens (tertiary/aromatic N) is 1. The van der Waals surface area contributed by atoms with Gasteiger partial charge in [0, 0.05) is 43.6 Å². The van der Waals surface area contributed by atoms with Crippen LogP contribution in [0.4, 0.5) is 10.1 Å². The van der Waals surface area contributed by atoms with Crippen molar-refractivity contribution in [2.45, 2.75) is 39.2 Å². The first-order valence-electron chi connectivity index (χ1n) is 8.87. The van der Waals surface area contributed by atoms with E-state index in [2.05, 4.69) is 0 Å². The molecule has 0 radical (unpaired) electrons. The molecule has 0 spiro atoms. The van der Waals surface area contributed by atoms with E-state index in [0.717, 1.165) is 5.56 Å². The molecule has 5 heteroatoms. The molecule has 0 saturated carbocycles. The minimum atomic E-state index is -0.321. The minimum Gasteiger partial charge on any atom is -0.399 e. The van der Waals surface area contributed by atoms with E-state index in [9.17, 15) is 14.0 Å². The van der Waals surface area contributed by atoms with Crippen molar-refractivity contribution in [3.63, 3.8) is 0 Å². The Balaban J connectivity index is 1.79. The Labute approximate surface area is 153 Å². The van der Waals surface area contributed by atoms with Crippen LogP contribution in [-0.4, -0.2) is 23.1 Å². The van der Waals surface area contributed by atoms with Crippen molar-refractivity contribution in [3.8, 4) is 0 Å². The van der Waals surface area contributed by atoms with Gasteiger partial charge in [-0.2, -0.15) is 0 Å². The molecule has 0 unspecified atom stereocenters. The molecule has 0 heterocycles. The van der Waals surface area contributed by atoms with Crippen LogP contribution in [-0.2, 0) is 22.6 Å². The molecule has 0 saturated heterocycles. The van der Waals surface area contributed by atoms with Gasteiger partial charge in [0.25, 0.3) is 0 Å². The summed E-state index contributed by atoms with van der Waals surface area (Å²) in [6.45, 7) is 2.55. The van der Waals surface area contributed by atoms with Gasteiger partial charge >= 0.3 is 0 Å². The number of amides is 1. The van der Waals surface area contributed by atoms with E-state index in [0.29, 0.717) is 30.6 Å². The van der Waals surface area contributed by atoms with E-state index in [4.69, 9.17) is 5.73 Å². The van der Waals surface area contributed by atoms with Crippen LogP contribution in [0.5, 0.6) is 0 Å². The Kier molecular flexibility index (Phi) is 7.33. The summed E-state index contributed by atoms with van der Waals surface area (Å²) in [5, 5.41) is 0. The zero-order valence-electron chi connectivity index (χ0n) is 15.1. The topological polar surface area (TPSA) is 63.4 Å². The van der Waals surface area contributed by atoms with Crippen LogP contribution in [0, 0.1) is 5.82 Å². The minimum absolute atomic E-state index is 0.0529. The molecule has 0 aromatic heterocycles. The molecular formula is C21H25FN2O2. The maximum Gasteiger partial charge on any atom is 0.223 e. The number of nitrogens with two attached hydrogens (primary N) is 1. The van der Waals surface area contributed by atoms with Gasteiger partial charge < -0.3 is 10.6 Å². The van der Waals surface area contributed by atoms with E-state index in [1.807, 2.05) is 31.2 Å². The zero-order chi connectivity index (χ0) is 18.9. The number of benzene rings is 2. The molecule has 2 aromatic carbocycles. The van der Waals surface area contributed by atoms with Gasteiger partial charge in [0.1, 0.15) is 11.6 Å². The Hall–Kier alpha value is -2.69. The van der Waals surface area contributed by atoms with Crippen LogP contribution in [0.15, 0.2) is 48.5 Å². The average molecular weight is 356 g/mol. The van der Waals surface area contributed by atoms with E-state index < -0.39 is 0 Å². The fourth-order valence-electron chi connectivity index (χ4n) is 2.71. The number of rotatable bonds is 9. The second-order valence-electron chi connectivity index (χ2n) is 6.28. The first-order valence-corrected chi connectivity index (χ1v) is 8.87. The number of aryl methyl sites for hydroxylation is 1. The van der Waals surface area contributed by atoms with Gasteiger partial charge in [-0.25, -0.2) is 4.39 Å². The lowest BCUT2D eigenvalue weighted by molar-refractivity contribution is -0.133. The van der Waals surface area contributed by atoms with Crippen LogP contribution in [0.1, 0.15) is 37.3 Å². The number of hydrogen-bond acceptors (Lipinski definition) is 3. The standard InChI is InChI=1S/C21H25FN2O2/c1-2-24(15-17-5-3-4-6-20(17)22)21(26)14-13-19(25)12-9-16-7-10-18(23)11-8-16/h3-8,10-11H,2,9,12-15,23H2,1H3. The smallest absolute Gasteiger partial charge is 0.223 e. The summed E-state index contributed by atoms with van der Waals surface area (Å²) < 4.78 is 13.8. The number of Topliss-reactive ketones (excluding diaryl/α,β-unsaturated/α-hetero) is 1. The number of hydrogen-bond donors (Lipinski definition) is 1. The van der Waals surface area contributed by atoms with Gasteiger partial charge in [-0.1, -0.05) is 30.3 Å². The summed E-state index contributed by atoms with van der Waals surface area (Å²) in [6, 6.07) is 13.9. The van der Waals surface area contributed by atoms with Crippen LogP contribution in [0.25, 0.3) is 0 Å². The Morgan fingerprint density at radius 2 is 1.69 bits per heavy atom. The third-order valence-electron chi connectivity index (χ3n) is 4.34. The second-order valence-corrected chi connectivity index (χ2v) is 6.28. The molecule has 1 amide bonds. The first-order chi connectivity index (χ1) is 12.5. The van der Waals surface area contributed by atoms with E-state index in [1.165, 1.54) is 6.07 Å². The molecule has 0 bridgehead atoms. The second kappa shape index (κ2) is 9.70. The summed E-state index contributed by atoms with van der Waals surface area (Å²) in [5.41, 5.74) is 7.87. The van der Waals surface area contributed by atoms with Crippen molar-refractivity contribution in [1.29, 1.82) is 0 Å². The molecule has 138 valence electrons. The molecule has 0 fully saturated rings. The van der Waals surface area contributed by atoms with Crippen LogP contribution in [0.2, 0.25) is 0 Å². The van der Waals surface area contributed by atoms with Gasteiger partial charge in [-0.15, -0.1) is 0 Å². The molecule has 2 N–H and O–H groups in total. The largest absolute Gasteiger partial charge is 0.399 e. The van der Waals surface area contributed by atoms with Crippen LogP contribution in [0.3, 0.4) is 0 Å². The maximum absolute atomic E-state index is 13.8. The maximum atomic E-state index is 13.8. The first kappa shape index (κ1) is 19.6. The molecule has 4 nitrogen and oxygen atoms in total. The van der Waals surface area contributed by atoms with Gasteiger partial charge in [0.15, 0.2) is 0 Å². The molecule has 0 aliphatic carbocycles. The van der Waals surface area contributed by atoms with Crippen molar-refractivity contribution in [2.24, 2.45) is 0 Å². The quantitative estimate of drug-likeness (QED) is 0.696. The van der Waals surface area contributed by atoms with E-state index >= 15 is 0 Å². The predicted octanol–water partition coefficient (Wildman–Crippen LogP) is 3.74. The van der Waals surface area contributed by atoms with Gasteiger partial charge in [0.05, 0.1) is 0 Å². The monoisotopic (exact) mass is 356 g/mol. The highest BCUT2D eigenvalue weighted by Gasteiger charge is 2.15. The number of ketones is 1. The third kappa shape index (κ3) is 5.99. The highest BCUT2D eigenvalue weighted by Crippen LogP contribution is 2.13.